The lowest BCUT2D eigenvalue weighted by Crippen LogP contribution is -2.54. The summed E-state index contributed by atoms with van der Waals surface area (Å²) in [6, 6.07) is 3.70. The maximum atomic E-state index is 12.4. The number of hydrogen-bond donors (Lipinski definition) is 1. The van der Waals surface area contributed by atoms with Crippen LogP contribution in [0.25, 0.3) is 0 Å². The Bertz CT molecular complexity index is 512. The Hall–Kier alpha value is -0.690. The van der Waals surface area contributed by atoms with Gasteiger partial charge in [-0.25, -0.2) is 0 Å². The molecule has 1 aliphatic rings. The number of nitrogens with zero attached hydrogens (tertiary/aromatic N) is 2. The largest absolute Gasteiger partial charge is 0.392 e. The van der Waals surface area contributed by atoms with Crippen LogP contribution in [0.15, 0.2) is 12.1 Å². The summed E-state index contributed by atoms with van der Waals surface area (Å²) in [6.45, 7) is 5.17. The van der Waals surface area contributed by atoms with Crippen LogP contribution in [0.2, 0.25) is 4.34 Å². The molecule has 1 fully saturated rings. The molecule has 21 heavy (non-hydrogen) atoms. The molecular weight excluding hydrogens is 326 g/mol. The number of thiophene rings is 1. The van der Waals surface area contributed by atoms with Crippen LogP contribution in [-0.2, 0) is 0 Å². The van der Waals surface area contributed by atoms with E-state index >= 15 is 0 Å². The van der Waals surface area contributed by atoms with Crippen molar-refractivity contribution in [2.24, 2.45) is 5.73 Å². The lowest BCUT2D eigenvalue weighted by Gasteiger charge is -2.38. The normalized spacial score (nSPS) is 17.7. The van der Waals surface area contributed by atoms with Gasteiger partial charge in [-0.1, -0.05) is 37.2 Å². The van der Waals surface area contributed by atoms with Crippen LogP contribution in [0, 0.1) is 0 Å². The van der Waals surface area contributed by atoms with Gasteiger partial charge in [-0.15, -0.1) is 11.3 Å². The van der Waals surface area contributed by atoms with Gasteiger partial charge in [-0.05, 0) is 18.6 Å². The predicted octanol–water partition coefficient (Wildman–Crippen LogP) is 2.61. The van der Waals surface area contributed by atoms with Crippen molar-refractivity contribution in [2.45, 2.75) is 25.8 Å². The molecule has 0 saturated carbocycles. The molecule has 1 unspecified atom stereocenters. The number of hydrogen-bond acceptors (Lipinski definition) is 4. The molecular formula is C14H20ClN3OS2. The van der Waals surface area contributed by atoms with E-state index in [0.717, 1.165) is 25.9 Å². The summed E-state index contributed by atoms with van der Waals surface area (Å²) in [7, 11) is 0. The van der Waals surface area contributed by atoms with Gasteiger partial charge in [0.25, 0.3) is 5.91 Å². The second kappa shape index (κ2) is 7.54. The second-order valence-electron chi connectivity index (χ2n) is 5.14. The van der Waals surface area contributed by atoms with E-state index in [1.165, 1.54) is 11.3 Å². The number of nitrogens with two attached hydrogens (primary N) is 1. The van der Waals surface area contributed by atoms with Gasteiger partial charge in [0.15, 0.2) is 0 Å². The van der Waals surface area contributed by atoms with Gasteiger partial charge >= 0.3 is 0 Å². The Morgan fingerprint density at radius 2 is 2.10 bits per heavy atom. The van der Waals surface area contributed by atoms with E-state index in [1.54, 1.807) is 12.1 Å². The highest BCUT2D eigenvalue weighted by molar-refractivity contribution is 7.80. The van der Waals surface area contributed by atoms with Crippen LogP contribution in [0.5, 0.6) is 0 Å². The molecule has 2 heterocycles. The lowest BCUT2D eigenvalue weighted by atomic mass is 10.1. The molecule has 0 aliphatic carbocycles. The molecule has 0 aromatic carbocycles. The maximum Gasteiger partial charge on any atom is 0.264 e. The van der Waals surface area contributed by atoms with Crippen molar-refractivity contribution in [1.29, 1.82) is 0 Å². The summed E-state index contributed by atoms with van der Waals surface area (Å²) < 4.78 is 0.647. The minimum Gasteiger partial charge on any atom is -0.392 e. The number of rotatable bonds is 5. The summed E-state index contributed by atoms with van der Waals surface area (Å²) in [4.78, 5) is 17.8. The van der Waals surface area contributed by atoms with Crippen LogP contribution in [0.3, 0.4) is 0 Å². The number of thiocarbonyl (C=S) groups is 1. The lowest BCUT2D eigenvalue weighted by molar-refractivity contribution is 0.0613. The number of piperazine rings is 1. The van der Waals surface area contributed by atoms with Gasteiger partial charge in [0, 0.05) is 26.2 Å². The van der Waals surface area contributed by atoms with Crippen molar-refractivity contribution in [3.8, 4) is 0 Å². The van der Waals surface area contributed by atoms with Gasteiger partial charge in [0.1, 0.15) is 0 Å². The molecule has 1 aromatic heterocycles. The van der Waals surface area contributed by atoms with E-state index in [2.05, 4.69) is 11.8 Å². The second-order valence-corrected chi connectivity index (χ2v) is 7.33. The third kappa shape index (κ3) is 4.16. The van der Waals surface area contributed by atoms with Crippen LogP contribution in [0.1, 0.15) is 29.4 Å². The third-order valence-electron chi connectivity index (χ3n) is 3.72. The molecule has 1 aliphatic heterocycles. The van der Waals surface area contributed by atoms with Crippen molar-refractivity contribution in [2.75, 3.05) is 26.2 Å². The number of amides is 1. The molecule has 1 saturated heterocycles. The molecule has 2 rings (SSSR count). The standard InChI is InChI=1S/C14H20ClN3OS2/c1-2-3-10(13(16)20)17-6-8-18(9-7-17)14(19)11-4-5-12(15)21-11/h4-5,10H,2-3,6-9H2,1H3,(H2,16,20). The van der Waals surface area contributed by atoms with Crippen molar-refractivity contribution in [3.63, 3.8) is 0 Å². The van der Waals surface area contributed by atoms with Gasteiger partial charge in [-0.3, -0.25) is 9.69 Å². The fourth-order valence-electron chi connectivity index (χ4n) is 2.60. The first kappa shape index (κ1) is 16.7. The molecule has 1 aromatic rings. The minimum absolute atomic E-state index is 0.0638. The summed E-state index contributed by atoms with van der Waals surface area (Å²) in [6.07, 6.45) is 2.03. The van der Waals surface area contributed by atoms with Crippen LogP contribution in [0.4, 0.5) is 0 Å². The number of halogens is 1. The number of carbonyl (C=O) groups excluding carboxylic acids is 1. The SMILES string of the molecule is CCCC(C(N)=S)N1CCN(C(=O)c2ccc(Cl)s2)CC1. The van der Waals surface area contributed by atoms with Gasteiger partial charge in [0.05, 0.1) is 20.2 Å². The average molecular weight is 346 g/mol. The fraction of sp³-hybridized carbons (Fsp3) is 0.571. The molecule has 4 nitrogen and oxygen atoms in total. The van der Waals surface area contributed by atoms with Crippen molar-refractivity contribution >= 4 is 46.1 Å². The van der Waals surface area contributed by atoms with Crippen LogP contribution >= 0.6 is 35.2 Å². The molecule has 1 amide bonds. The molecule has 2 N–H and O–H groups in total. The maximum absolute atomic E-state index is 12.4. The van der Waals surface area contributed by atoms with Gasteiger partial charge in [-0.2, -0.15) is 0 Å². The van der Waals surface area contributed by atoms with E-state index in [4.69, 9.17) is 29.6 Å². The topological polar surface area (TPSA) is 49.6 Å². The van der Waals surface area contributed by atoms with Gasteiger partial charge in [0.2, 0.25) is 0 Å². The molecule has 7 heteroatoms. The van der Waals surface area contributed by atoms with E-state index in [0.29, 0.717) is 27.3 Å². The van der Waals surface area contributed by atoms with Crippen LogP contribution in [-0.4, -0.2) is 52.9 Å². The zero-order valence-electron chi connectivity index (χ0n) is 12.0. The molecule has 0 bridgehead atoms. The molecule has 0 spiro atoms. The van der Waals surface area contributed by atoms with E-state index in [9.17, 15) is 4.79 Å². The highest BCUT2D eigenvalue weighted by atomic mass is 35.5. The summed E-state index contributed by atoms with van der Waals surface area (Å²) in [5.74, 6) is 0.0638. The highest BCUT2D eigenvalue weighted by Crippen LogP contribution is 2.23. The molecule has 116 valence electrons. The van der Waals surface area contributed by atoms with E-state index in [1.807, 2.05) is 4.90 Å². The Morgan fingerprint density at radius 1 is 1.43 bits per heavy atom. The Labute approximate surface area is 139 Å². The first-order valence-corrected chi connectivity index (χ1v) is 8.71. The predicted molar refractivity (Wildman–Crippen MR) is 92.3 cm³/mol. The monoisotopic (exact) mass is 345 g/mol. The van der Waals surface area contributed by atoms with Crippen molar-refractivity contribution in [1.82, 2.24) is 9.80 Å². The quantitative estimate of drug-likeness (QED) is 0.833. The Balaban J connectivity index is 1.93. The summed E-state index contributed by atoms with van der Waals surface area (Å²) >= 11 is 12.4. The highest BCUT2D eigenvalue weighted by Gasteiger charge is 2.27. The summed E-state index contributed by atoms with van der Waals surface area (Å²) in [5, 5.41) is 0. The van der Waals surface area contributed by atoms with E-state index in [-0.39, 0.29) is 11.9 Å². The molecule has 1 atom stereocenters. The fourth-order valence-corrected chi connectivity index (χ4v) is 3.88. The Kier molecular flexibility index (Phi) is 5.98. The van der Waals surface area contributed by atoms with Crippen molar-refractivity contribution < 1.29 is 4.79 Å². The zero-order valence-corrected chi connectivity index (χ0v) is 14.4. The Morgan fingerprint density at radius 3 is 2.57 bits per heavy atom. The average Bonchev–Trinajstić information content (AvgIpc) is 2.90. The van der Waals surface area contributed by atoms with Crippen LogP contribution < -0.4 is 5.73 Å². The third-order valence-corrected chi connectivity index (χ3v) is 5.21. The number of carbonyl (C=O) groups is 1. The summed E-state index contributed by atoms with van der Waals surface area (Å²) in [5.41, 5.74) is 5.84. The van der Waals surface area contributed by atoms with Gasteiger partial charge < -0.3 is 10.6 Å². The van der Waals surface area contributed by atoms with E-state index < -0.39 is 0 Å². The van der Waals surface area contributed by atoms with Crippen molar-refractivity contribution in [3.05, 3.63) is 21.3 Å². The minimum atomic E-state index is 0.0638. The molecule has 0 radical (unpaired) electrons. The first-order chi connectivity index (χ1) is 10.0. The smallest absolute Gasteiger partial charge is 0.264 e. The zero-order chi connectivity index (χ0) is 15.4. The first-order valence-electron chi connectivity index (χ1n) is 7.11.